The van der Waals surface area contributed by atoms with Gasteiger partial charge in [-0.3, -0.25) is 0 Å². The molecule has 5 rings (SSSR count). The van der Waals surface area contributed by atoms with E-state index in [1.54, 1.807) is 0 Å². The van der Waals surface area contributed by atoms with Gasteiger partial charge in [0, 0.05) is 0 Å². The van der Waals surface area contributed by atoms with Crippen molar-refractivity contribution in [2.45, 2.75) is 39.5 Å². The van der Waals surface area contributed by atoms with Crippen LogP contribution in [0, 0.1) is 0 Å². The number of benzene rings is 3. The van der Waals surface area contributed by atoms with Gasteiger partial charge in [-0.25, -0.2) is 0 Å². The van der Waals surface area contributed by atoms with Crippen LogP contribution in [0.1, 0.15) is 50.7 Å². The third kappa shape index (κ3) is 3.16. The van der Waals surface area contributed by atoms with E-state index in [0.717, 1.165) is 36.5 Å². The van der Waals surface area contributed by atoms with Crippen molar-refractivity contribution in [3.8, 4) is 5.69 Å². The minimum absolute atomic E-state index is 0.187. The molecular formula is C24H19Br2NO2Se2. The third-order valence-corrected chi connectivity index (χ3v) is 15.5. The van der Waals surface area contributed by atoms with E-state index in [2.05, 4.69) is 59.6 Å². The van der Waals surface area contributed by atoms with Gasteiger partial charge in [0.15, 0.2) is 0 Å². The summed E-state index contributed by atoms with van der Waals surface area (Å²) < 4.78 is 5.98. The van der Waals surface area contributed by atoms with Crippen molar-refractivity contribution in [1.29, 1.82) is 0 Å². The van der Waals surface area contributed by atoms with Crippen LogP contribution >= 0.6 is 31.9 Å². The fourth-order valence-corrected chi connectivity index (χ4v) is 16.7. The molecular weight excluding hydrogens is 652 g/mol. The molecule has 7 heteroatoms. The first-order chi connectivity index (χ1) is 14.7. The first-order valence-corrected chi connectivity index (χ1v) is 17.7. The molecule has 0 bridgehead atoms. The molecule has 0 aliphatic rings. The van der Waals surface area contributed by atoms with E-state index < -0.39 is 0 Å². The Balaban J connectivity index is 2.07. The van der Waals surface area contributed by atoms with Crippen molar-refractivity contribution in [2.24, 2.45) is 0 Å². The van der Waals surface area contributed by atoms with Crippen LogP contribution in [-0.4, -0.2) is 29.8 Å². The monoisotopic (exact) mass is 671 g/mol. The van der Waals surface area contributed by atoms with Crippen molar-refractivity contribution < 1.29 is 0 Å². The fourth-order valence-electron chi connectivity index (χ4n) is 4.40. The molecule has 0 aliphatic carbocycles. The van der Waals surface area contributed by atoms with E-state index in [-0.39, 0.29) is 23.0 Å². The Morgan fingerprint density at radius 1 is 0.774 bits per heavy atom. The van der Waals surface area contributed by atoms with E-state index in [1.807, 2.05) is 30.3 Å². The molecule has 2 aromatic heterocycles. The van der Waals surface area contributed by atoms with E-state index in [9.17, 15) is 9.59 Å². The molecule has 5 aromatic rings. The van der Waals surface area contributed by atoms with Crippen LogP contribution in [0.2, 0.25) is 0 Å². The number of hydrogen-bond acceptors (Lipinski definition) is 2. The van der Waals surface area contributed by atoms with Gasteiger partial charge in [0.1, 0.15) is 0 Å². The Kier molecular flexibility index (Phi) is 5.53. The minimum atomic E-state index is -0.222. The molecule has 158 valence electrons. The van der Waals surface area contributed by atoms with E-state index in [1.165, 1.54) is 13.1 Å². The predicted molar refractivity (Wildman–Crippen MR) is 139 cm³/mol. The van der Waals surface area contributed by atoms with Crippen molar-refractivity contribution in [3.05, 3.63) is 71.1 Å². The number of rotatable bonds is 3. The van der Waals surface area contributed by atoms with Crippen LogP contribution in [0.4, 0.5) is 0 Å². The second-order valence-corrected chi connectivity index (χ2v) is 16.2. The summed E-state index contributed by atoms with van der Waals surface area (Å²) >= 11 is 8.16. The zero-order valence-corrected chi connectivity index (χ0v) is 24.0. The van der Waals surface area contributed by atoms with Gasteiger partial charge in [-0.2, -0.15) is 0 Å². The molecule has 2 heterocycles. The number of para-hydroxylation sites is 1. The van der Waals surface area contributed by atoms with Gasteiger partial charge in [-0.05, 0) is 0 Å². The normalized spacial score (nSPS) is 12.4. The van der Waals surface area contributed by atoms with Gasteiger partial charge in [-0.1, -0.05) is 0 Å². The number of nitrogens with zero attached hydrogens (tertiary/aromatic N) is 1. The van der Waals surface area contributed by atoms with Gasteiger partial charge in [0.05, 0.1) is 0 Å². The van der Waals surface area contributed by atoms with Crippen molar-refractivity contribution in [1.82, 2.24) is 4.57 Å². The molecule has 0 amide bonds. The summed E-state index contributed by atoms with van der Waals surface area (Å²) in [7, 11) is 0. The zero-order valence-electron chi connectivity index (χ0n) is 17.4. The Hall–Kier alpha value is -0.941. The molecule has 0 fully saturated rings. The molecule has 3 aromatic carbocycles. The van der Waals surface area contributed by atoms with Crippen LogP contribution < -0.4 is 11.1 Å². The summed E-state index contributed by atoms with van der Waals surface area (Å²) in [5.41, 5.74) is 2.36. The van der Waals surface area contributed by atoms with Crippen molar-refractivity contribution in [3.63, 3.8) is 0 Å². The molecule has 0 unspecified atom stereocenters. The van der Waals surface area contributed by atoms with Crippen LogP contribution in [0.5, 0.6) is 0 Å². The van der Waals surface area contributed by atoms with E-state index in [0.29, 0.717) is 36.0 Å². The summed E-state index contributed by atoms with van der Waals surface area (Å²) in [5, 5.41) is 3.21. The Bertz CT molecular complexity index is 1500. The summed E-state index contributed by atoms with van der Waals surface area (Å²) in [6, 6.07) is 9.98. The zero-order chi connectivity index (χ0) is 22.2. The first kappa shape index (κ1) is 21.9. The molecule has 0 atom stereocenters. The van der Waals surface area contributed by atoms with E-state index >= 15 is 0 Å². The van der Waals surface area contributed by atoms with Crippen molar-refractivity contribution in [2.75, 3.05) is 0 Å². The summed E-state index contributed by atoms with van der Waals surface area (Å²) in [6.45, 7) is 8.42. The first-order valence-electron chi connectivity index (χ1n) is 10.1. The number of aromatic nitrogens is 1. The topological polar surface area (TPSA) is 39.1 Å². The molecule has 0 saturated heterocycles. The molecule has 31 heavy (non-hydrogen) atoms. The summed E-state index contributed by atoms with van der Waals surface area (Å²) in [4.78, 5) is 27.9. The SMILES string of the molecule is CC(C)c1cccc(C(C)C)c1-n1c(=O)c2cc(Br)c3[se][se]c4c(Br)cc(c1=O)c2c34. The van der Waals surface area contributed by atoms with Gasteiger partial charge in [0.25, 0.3) is 0 Å². The van der Waals surface area contributed by atoms with Crippen LogP contribution in [0.25, 0.3) is 35.8 Å². The summed E-state index contributed by atoms with van der Waals surface area (Å²) in [6.07, 6.45) is 0. The Morgan fingerprint density at radius 2 is 1.23 bits per heavy atom. The quantitative estimate of drug-likeness (QED) is 0.222. The Labute approximate surface area is 206 Å². The summed E-state index contributed by atoms with van der Waals surface area (Å²) in [5.74, 6) is 0.373. The second-order valence-electron chi connectivity index (χ2n) is 8.43. The predicted octanol–water partition coefficient (Wildman–Crippen LogP) is 5.98. The molecule has 0 radical (unpaired) electrons. The maximum atomic E-state index is 13.9. The molecule has 0 saturated carbocycles. The second kappa shape index (κ2) is 7.83. The van der Waals surface area contributed by atoms with Crippen LogP contribution in [0.3, 0.4) is 0 Å². The fraction of sp³-hybridized carbons (Fsp3) is 0.250. The average Bonchev–Trinajstić information content (AvgIpc) is 3.17. The Morgan fingerprint density at radius 3 is 1.65 bits per heavy atom. The van der Waals surface area contributed by atoms with Gasteiger partial charge >= 0.3 is 208 Å². The third-order valence-electron chi connectivity index (χ3n) is 5.86. The maximum absolute atomic E-state index is 13.9. The number of pyridine rings is 1. The number of halogens is 2. The standard InChI is InChI=1S/C24H19Br2NO2Se2/c1-10(2)12-6-5-7-13(11(3)4)20(12)27-23(28)14-8-16(25)21-19-18(14)15(24(27)29)9-17(26)22(19)31-30-21/h5-11H,1-4H3. The van der Waals surface area contributed by atoms with Gasteiger partial charge < -0.3 is 0 Å². The van der Waals surface area contributed by atoms with Gasteiger partial charge in [0.2, 0.25) is 0 Å². The molecule has 0 spiro atoms. The molecule has 3 nitrogen and oxygen atoms in total. The van der Waals surface area contributed by atoms with E-state index in [4.69, 9.17) is 0 Å². The van der Waals surface area contributed by atoms with Crippen molar-refractivity contribution >= 4 is 87.2 Å². The average molecular weight is 671 g/mol. The van der Waals surface area contributed by atoms with Crippen LogP contribution in [-0.2, 0) is 0 Å². The van der Waals surface area contributed by atoms with Crippen LogP contribution in [0.15, 0.2) is 48.9 Å². The molecule has 0 aliphatic heterocycles. The molecule has 0 N–H and O–H groups in total. The van der Waals surface area contributed by atoms with Gasteiger partial charge in [-0.15, -0.1) is 0 Å². The number of hydrogen-bond donors (Lipinski definition) is 0.